The Labute approximate surface area is 174 Å². The minimum absolute atomic E-state index is 0.0755. The van der Waals surface area contributed by atoms with Crippen LogP contribution in [0.25, 0.3) is 0 Å². The van der Waals surface area contributed by atoms with Gasteiger partial charge in [0.15, 0.2) is 0 Å². The number of hydrogen-bond acceptors (Lipinski definition) is 2. The maximum absolute atomic E-state index is 13.1. The first-order valence-corrected chi connectivity index (χ1v) is 10.6. The first-order valence-electron chi connectivity index (χ1n) is 10.6. The van der Waals surface area contributed by atoms with Gasteiger partial charge in [-0.2, -0.15) is 0 Å². The number of benzene rings is 2. The average Bonchev–Trinajstić information content (AvgIpc) is 2.75. The van der Waals surface area contributed by atoms with Gasteiger partial charge in [-0.3, -0.25) is 9.59 Å². The van der Waals surface area contributed by atoms with E-state index >= 15 is 0 Å². The standard InChI is InChI=1S/C25H32N2O2/c1-19(22-12-8-5-9-13-22)26-23(28)25(2,3)24(29)27-16-14-21(15-17-27)18-20-10-6-4-7-11-20/h4-13,19,21H,14-18H2,1-3H3,(H,26,28). The molecule has 0 bridgehead atoms. The van der Waals surface area contributed by atoms with Crippen molar-refractivity contribution in [2.75, 3.05) is 13.1 Å². The number of carbonyl (C=O) groups excluding carboxylic acids is 2. The summed E-state index contributed by atoms with van der Waals surface area (Å²) in [6.45, 7) is 6.86. The quantitative estimate of drug-likeness (QED) is 0.742. The van der Waals surface area contributed by atoms with Crippen molar-refractivity contribution in [3.8, 4) is 0 Å². The van der Waals surface area contributed by atoms with Crippen molar-refractivity contribution in [2.24, 2.45) is 11.3 Å². The third kappa shape index (κ3) is 5.26. The zero-order valence-corrected chi connectivity index (χ0v) is 17.7. The van der Waals surface area contributed by atoms with Crippen LogP contribution >= 0.6 is 0 Å². The summed E-state index contributed by atoms with van der Waals surface area (Å²) in [5, 5.41) is 3.01. The molecule has 1 N–H and O–H groups in total. The van der Waals surface area contributed by atoms with Gasteiger partial charge in [0, 0.05) is 13.1 Å². The number of carbonyl (C=O) groups is 2. The third-order valence-electron chi connectivity index (χ3n) is 6.02. The number of nitrogens with zero attached hydrogens (tertiary/aromatic N) is 1. The number of likely N-dealkylation sites (tertiary alicyclic amines) is 1. The third-order valence-corrected chi connectivity index (χ3v) is 6.02. The molecule has 0 aromatic heterocycles. The van der Waals surface area contributed by atoms with Crippen molar-refractivity contribution in [3.05, 3.63) is 71.8 Å². The molecule has 29 heavy (non-hydrogen) atoms. The number of amides is 2. The minimum Gasteiger partial charge on any atom is -0.349 e. The Kier molecular flexibility index (Phi) is 6.73. The van der Waals surface area contributed by atoms with E-state index in [-0.39, 0.29) is 17.9 Å². The van der Waals surface area contributed by atoms with Gasteiger partial charge in [-0.1, -0.05) is 60.7 Å². The summed E-state index contributed by atoms with van der Waals surface area (Å²) in [4.78, 5) is 27.9. The molecule has 1 unspecified atom stereocenters. The molecule has 154 valence electrons. The lowest BCUT2D eigenvalue weighted by atomic mass is 9.86. The summed E-state index contributed by atoms with van der Waals surface area (Å²) in [6.07, 6.45) is 3.03. The highest BCUT2D eigenvalue weighted by atomic mass is 16.2. The average molecular weight is 393 g/mol. The molecule has 0 saturated carbocycles. The number of hydrogen-bond donors (Lipinski definition) is 1. The van der Waals surface area contributed by atoms with Gasteiger partial charge in [0.25, 0.3) is 0 Å². The summed E-state index contributed by atoms with van der Waals surface area (Å²) < 4.78 is 0. The van der Waals surface area contributed by atoms with Gasteiger partial charge >= 0.3 is 0 Å². The van der Waals surface area contributed by atoms with E-state index in [1.807, 2.05) is 48.2 Å². The lowest BCUT2D eigenvalue weighted by Gasteiger charge is -2.36. The second kappa shape index (κ2) is 9.25. The molecule has 2 aromatic rings. The van der Waals surface area contributed by atoms with Crippen molar-refractivity contribution < 1.29 is 9.59 Å². The SMILES string of the molecule is CC(NC(=O)C(C)(C)C(=O)N1CCC(Cc2ccccc2)CC1)c1ccccc1. The van der Waals surface area contributed by atoms with Crippen molar-refractivity contribution in [1.82, 2.24) is 10.2 Å². The number of rotatable bonds is 6. The molecular weight excluding hydrogens is 360 g/mol. The molecule has 0 aliphatic carbocycles. The highest BCUT2D eigenvalue weighted by molar-refractivity contribution is 6.04. The van der Waals surface area contributed by atoms with Gasteiger partial charge in [-0.25, -0.2) is 0 Å². The molecule has 4 heteroatoms. The van der Waals surface area contributed by atoms with E-state index in [9.17, 15) is 9.59 Å². The smallest absolute Gasteiger partial charge is 0.237 e. The molecule has 1 aliphatic heterocycles. The van der Waals surface area contributed by atoms with Crippen LogP contribution in [0.2, 0.25) is 0 Å². The Hall–Kier alpha value is -2.62. The van der Waals surface area contributed by atoms with Gasteiger partial charge in [-0.05, 0) is 57.1 Å². The molecule has 2 aromatic carbocycles. The Morgan fingerprint density at radius 1 is 1.00 bits per heavy atom. The molecule has 1 aliphatic rings. The van der Waals surface area contributed by atoms with Crippen LogP contribution in [-0.4, -0.2) is 29.8 Å². The van der Waals surface area contributed by atoms with Crippen LogP contribution in [0.5, 0.6) is 0 Å². The van der Waals surface area contributed by atoms with Crippen molar-refractivity contribution in [1.29, 1.82) is 0 Å². The first-order chi connectivity index (χ1) is 13.9. The Morgan fingerprint density at radius 2 is 1.55 bits per heavy atom. The predicted octanol–water partition coefficient (Wildman–Crippen LogP) is 4.37. The normalized spacial score (nSPS) is 16.3. The van der Waals surface area contributed by atoms with E-state index in [1.54, 1.807) is 13.8 Å². The summed E-state index contributed by atoms with van der Waals surface area (Å²) in [7, 11) is 0. The molecule has 3 rings (SSSR count). The van der Waals surface area contributed by atoms with Crippen LogP contribution in [0, 0.1) is 11.3 Å². The Balaban J connectivity index is 1.54. The van der Waals surface area contributed by atoms with E-state index in [4.69, 9.17) is 0 Å². The van der Waals surface area contributed by atoms with Crippen molar-refractivity contribution in [3.63, 3.8) is 0 Å². The second-order valence-electron chi connectivity index (χ2n) is 8.66. The highest BCUT2D eigenvalue weighted by Gasteiger charge is 2.40. The number of nitrogens with one attached hydrogen (secondary N) is 1. The first kappa shape index (κ1) is 21.1. The lowest BCUT2D eigenvalue weighted by molar-refractivity contribution is -0.149. The maximum atomic E-state index is 13.1. The monoisotopic (exact) mass is 392 g/mol. The molecule has 0 spiro atoms. The number of piperidine rings is 1. The van der Waals surface area contributed by atoms with Gasteiger partial charge < -0.3 is 10.2 Å². The Morgan fingerprint density at radius 3 is 2.14 bits per heavy atom. The molecule has 1 fully saturated rings. The van der Waals surface area contributed by atoms with E-state index in [0.29, 0.717) is 5.92 Å². The summed E-state index contributed by atoms with van der Waals surface area (Å²) in [5.74, 6) is 0.301. The molecule has 0 radical (unpaired) electrons. The van der Waals surface area contributed by atoms with Crippen LogP contribution in [0.4, 0.5) is 0 Å². The maximum Gasteiger partial charge on any atom is 0.237 e. The fourth-order valence-electron chi connectivity index (χ4n) is 3.98. The molecule has 1 atom stereocenters. The van der Waals surface area contributed by atoms with Crippen molar-refractivity contribution >= 4 is 11.8 Å². The topological polar surface area (TPSA) is 49.4 Å². The van der Waals surface area contributed by atoms with Crippen LogP contribution in [0.3, 0.4) is 0 Å². The van der Waals surface area contributed by atoms with Gasteiger partial charge in [0.1, 0.15) is 5.41 Å². The van der Waals surface area contributed by atoms with Crippen LogP contribution in [-0.2, 0) is 16.0 Å². The van der Waals surface area contributed by atoms with Gasteiger partial charge in [0.05, 0.1) is 6.04 Å². The van der Waals surface area contributed by atoms with E-state index < -0.39 is 5.41 Å². The van der Waals surface area contributed by atoms with E-state index in [2.05, 4.69) is 29.6 Å². The van der Waals surface area contributed by atoms with Gasteiger partial charge in [0.2, 0.25) is 11.8 Å². The van der Waals surface area contributed by atoms with Crippen LogP contribution < -0.4 is 5.32 Å². The molecule has 1 heterocycles. The molecule has 2 amide bonds. The molecule has 1 saturated heterocycles. The second-order valence-corrected chi connectivity index (χ2v) is 8.66. The largest absolute Gasteiger partial charge is 0.349 e. The van der Waals surface area contributed by atoms with Gasteiger partial charge in [-0.15, -0.1) is 0 Å². The zero-order chi connectivity index (χ0) is 20.9. The lowest BCUT2D eigenvalue weighted by Crippen LogP contribution is -2.51. The van der Waals surface area contributed by atoms with E-state index in [1.165, 1.54) is 5.56 Å². The molecule has 4 nitrogen and oxygen atoms in total. The minimum atomic E-state index is -1.07. The van der Waals surface area contributed by atoms with Crippen molar-refractivity contribution in [2.45, 2.75) is 46.1 Å². The molecular formula is C25H32N2O2. The fraction of sp³-hybridized carbons (Fsp3) is 0.440. The Bertz CT molecular complexity index is 809. The summed E-state index contributed by atoms with van der Waals surface area (Å²) >= 11 is 0. The predicted molar refractivity (Wildman–Crippen MR) is 116 cm³/mol. The summed E-state index contributed by atoms with van der Waals surface area (Å²) in [6, 6.07) is 20.2. The van der Waals surface area contributed by atoms with Crippen LogP contribution in [0.1, 0.15) is 50.8 Å². The van der Waals surface area contributed by atoms with E-state index in [0.717, 1.165) is 37.9 Å². The fourth-order valence-corrected chi connectivity index (χ4v) is 3.98. The zero-order valence-electron chi connectivity index (χ0n) is 17.7. The highest BCUT2D eigenvalue weighted by Crippen LogP contribution is 2.27. The summed E-state index contributed by atoms with van der Waals surface area (Å²) in [5.41, 5.74) is 1.31. The van der Waals surface area contributed by atoms with Crippen LogP contribution in [0.15, 0.2) is 60.7 Å².